The Labute approximate surface area is 127 Å². The molecule has 0 saturated heterocycles. The molecule has 5 nitrogen and oxygen atoms in total. The first-order valence-corrected chi connectivity index (χ1v) is 7.20. The molecule has 1 heterocycles. The molecule has 3 rings (SSSR count). The van der Waals surface area contributed by atoms with Crippen molar-refractivity contribution in [3.63, 3.8) is 0 Å². The fourth-order valence-electron chi connectivity index (χ4n) is 2.64. The summed E-state index contributed by atoms with van der Waals surface area (Å²) < 4.78 is 0. The van der Waals surface area contributed by atoms with Crippen LogP contribution in [0, 0.1) is 0 Å². The van der Waals surface area contributed by atoms with Gasteiger partial charge in [0.2, 0.25) is 5.78 Å². The quantitative estimate of drug-likeness (QED) is 0.883. The lowest BCUT2D eigenvalue weighted by Crippen LogP contribution is -2.21. The Hall–Kier alpha value is -2.56. The monoisotopic (exact) mass is 296 g/mol. The number of aromatic amines is 1. The predicted octanol–water partition coefficient (Wildman–Crippen LogP) is 2.71. The molecular weight excluding hydrogens is 280 g/mol. The van der Waals surface area contributed by atoms with Crippen molar-refractivity contribution < 1.29 is 14.4 Å². The number of rotatable bonds is 3. The predicted molar refractivity (Wildman–Crippen MR) is 81.2 cm³/mol. The molecule has 2 aromatic rings. The molecule has 0 spiro atoms. The molecule has 5 heteroatoms. The van der Waals surface area contributed by atoms with Gasteiger partial charge in [0.1, 0.15) is 23.0 Å². The Morgan fingerprint density at radius 2 is 1.91 bits per heavy atom. The summed E-state index contributed by atoms with van der Waals surface area (Å²) in [5.41, 5.74) is 2.50. The maximum atomic E-state index is 12.3. The van der Waals surface area contributed by atoms with Gasteiger partial charge in [-0.15, -0.1) is 0 Å². The van der Waals surface area contributed by atoms with Gasteiger partial charge in [0.25, 0.3) is 5.78 Å². The van der Waals surface area contributed by atoms with Gasteiger partial charge in [-0.2, -0.15) is 0 Å². The molecule has 1 aliphatic carbocycles. The number of benzene rings is 1. The van der Waals surface area contributed by atoms with Gasteiger partial charge in [-0.1, -0.05) is 26.0 Å². The van der Waals surface area contributed by atoms with Gasteiger partial charge >= 0.3 is 0 Å². The molecule has 22 heavy (non-hydrogen) atoms. The highest BCUT2D eigenvalue weighted by molar-refractivity contribution is 6.52. The van der Waals surface area contributed by atoms with E-state index >= 15 is 0 Å². The van der Waals surface area contributed by atoms with Crippen LogP contribution >= 0.6 is 0 Å². The average molecular weight is 296 g/mol. The standard InChI is InChI=1S/C17H16N2O3/c1-8(2)17-18-13-11-5-4-10(6-9(3)20)7-12(11)15(21)16(22)14(13)19-17/h4-5,7-8H,6H2,1-3H3,(H,18,19). The van der Waals surface area contributed by atoms with E-state index in [1.165, 1.54) is 6.92 Å². The molecule has 1 aromatic carbocycles. The van der Waals surface area contributed by atoms with Crippen LogP contribution in [0.4, 0.5) is 0 Å². The summed E-state index contributed by atoms with van der Waals surface area (Å²) in [7, 11) is 0. The van der Waals surface area contributed by atoms with Crippen LogP contribution in [0.1, 0.15) is 58.9 Å². The minimum atomic E-state index is -0.568. The summed E-state index contributed by atoms with van der Waals surface area (Å²) >= 11 is 0. The second kappa shape index (κ2) is 5.02. The Balaban J connectivity index is 2.17. The molecule has 0 fully saturated rings. The van der Waals surface area contributed by atoms with Crippen molar-refractivity contribution >= 4 is 17.3 Å². The zero-order valence-corrected chi connectivity index (χ0v) is 12.7. The van der Waals surface area contributed by atoms with E-state index < -0.39 is 11.6 Å². The van der Waals surface area contributed by atoms with Gasteiger partial charge in [-0.05, 0) is 18.6 Å². The number of nitrogens with zero attached hydrogens (tertiary/aromatic N) is 1. The Bertz CT molecular complexity index is 815. The molecule has 1 aromatic heterocycles. The fourth-order valence-corrected chi connectivity index (χ4v) is 2.64. The first-order valence-electron chi connectivity index (χ1n) is 7.20. The van der Waals surface area contributed by atoms with Crippen molar-refractivity contribution in [1.82, 2.24) is 9.97 Å². The number of carbonyl (C=O) groups is 3. The number of fused-ring (bicyclic) bond motifs is 3. The molecule has 0 radical (unpaired) electrons. The van der Waals surface area contributed by atoms with Gasteiger partial charge in [0.15, 0.2) is 0 Å². The number of Topliss-reactive ketones (excluding diaryl/α,β-unsaturated/α-hetero) is 3. The number of hydrogen-bond acceptors (Lipinski definition) is 4. The number of ketones is 3. The average Bonchev–Trinajstić information content (AvgIpc) is 2.89. The van der Waals surface area contributed by atoms with Crippen molar-refractivity contribution in [2.24, 2.45) is 0 Å². The Morgan fingerprint density at radius 1 is 1.18 bits per heavy atom. The van der Waals surface area contributed by atoms with Crippen LogP contribution in [-0.4, -0.2) is 27.3 Å². The maximum Gasteiger partial charge on any atom is 0.251 e. The largest absolute Gasteiger partial charge is 0.338 e. The van der Waals surface area contributed by atoms with Crippen LogP contribution < -0.4 is 0 Å². The third-order valence-corrected chi connectivity index (χ3v) is 3.74. The summed E-state index contributed by atoms with van der Waals surface area (Å²) in [6, 6.07) is 5.20. The molecule has 0 atom stereocenters. The third-order valence-electron chi connectivity index (χ3n) is 3.74. The van der Waals surface area contributed by atoms with Gasteiger partial charge in [-0.25, -0.2) is 4.98 Å². The summed E-state index contributed by atoms with van der Waals surface area (Å²) in [4.78, 5) is 43.2. The summed E-state index contributed by atoms with van der Waals surface area (Å²) in [5.74, 6) is -0.286. The second-order valence-corrected chi connectivity index (χ2v) is 5.92. The van der Waals surface area contributed by atoms with Crippen molar-refractivity contribution in [3.8, 4) is 11.3 Å². The van der Waals surface area contributed by atoms with Crippen molar-refractivity contribution in [1.29, 1.82) is 0 Å². The van der Waals surface area contributed by atoms with E-state index in [0.717, 1.165) is 5.56 Å². The number of aromatic nitrogens is 2. The van der Waals surface area contributed by atoms with Gasteiger partial charge < -0.3 is 4.98 Å². The number of hydrogen-bond donors (Lipinski definition) is 1. The highest BCUT2D eigenvalue weighted by atomic mass is 16.2. The van der Waals surface area contributed by atoms with E-state index in [9.17, 15) is 14.4 Å². The van der Waals surface area contributed by atoms with Crippen LogP contribution in [0.3, 0.4) is 0 Å². The first-order chi connectivity index (χ1) is 10.4. The minimum Gasteiger partial charge on any atom is -0.338 e. The first kappa shape index (κ1) is 14.4. The highest BCUT2D eigenvalue weighted by Crippen LogP contribution is 2.33. The minimum absolute atomic E-state index is 0.0112. The lowest BCUT2D eigenvalue weighted by atomic mass is 9.88. The SMILES string of the molecule is CC(=O)Cc1ccc2c(c1)C(=O)C(=O)c1[nH]c(C(C)C)nc1-2. The molecule has 0 unspecified atom stereocenters. The molecule has 1 aliphatic rings. The van der Waals surface area contributed by atoms with Gasteiger partial charge in [-0.3, -0.25) is 14.4 Å². The number of carbonyl (C=O) groups excluding carboxylic acids is 3. The zero-order chi connectivity index (χ0) is 16.0. The van der Waals surface area contributed by atoms with Crippen molar-refractivity contribution in [2.45, 2.75) is 33.1 Å². The van der Waals surface area contributed by atoms with Crippen LogP contribution in [0.5, 0.6) is 0 Å². The van der Waals surface area contributed by atoms with E-state index in [1.54, 1.807) is 18.2 Å². The van der Waals surface area contributed by atoms with Crippen LogP contribution in [0.25, 0.3) is 11.3 Å². The van der Waals surface area contributed by atoms with Crippen LogP contribution in [0.15, 0.2) is 18.2 Å². The van der Waals surface area contributed by atoms with Gasteiger partial charge in [0, 0.05) is 23.5 Å². The molecule has 1 N–H and O–H groups in total. The van der Waals surface area contributed by atoms with E-state index in [2.05, 4.69) is 9.97 Å². The van der Waals surface area contributed by atoms with Gasteiger partial charge in [0.05, 0.1) is 0 Å². The maximum absolute atomic E-state index is 12.3. The molecule has 0 aliphatic heterocycles. The van der Waals surface area contributed by atoms with E-state index in [-0.39, 0.29) is 23.8 Å². The number of H-pyrrole nitrogens is 1. The lowest BCUT2D eigenvalue weighted by molar-refractivity contribution is -0.116. The molecule has 0 amide bonds. The molecule has 0 bridgehead atoms. The Kier molecular flexibility index (Phi) is 3.28. The van der Waals surface area contributed by atoms with E-state index in [0.29, 0.717) is 22.6 Å². The molecular formula is C17H16N2O3. The second-order valence-electron chi connectivity index (χ2n) is 5.92. The Morgan fingerprint density at radius 3 is 2.55 bits per heavy atom. The summed E-state index contributed by atoms with van der Waals surface area (Å²) in [6.07, 6.45) is 0.249. The lowest BCUT2D eigenvalue weighted by Gasteiger charge is -2.14. The highest BCUT2D eigenvalue weighted by Gasteiger charge is 2.34. The molecule has 112 valence electrons. The van der Waals surface area contributed by atoms with Crippen LogP contribution in [-0.2, 0) is 11.2 Å². The van der Waals surface area contributed by atoms with Crippen molar-refractivity contribution in [3.05, 3.63) is 40.8 Å². The zero-order valence-electron chi connectivity index (χ0n) is 12.7. The fraction of sp³-hybridized carbons (Fsp3) is 0.294. The van der Waals surface area contributed by atoms with Crippen LogP contribution in [0.2, 0.25) is 0 Å². The molecule has 0 saturated carbocycles. The third kappa shape index (κ3) is 2.19. The number of imidazole rings is 1. The van der Waals surface area contributed by atoms with E-state index in [4.69, 9.17) is 0 Å². The number of nitrogens with one attached hydrogen (secondary N) is 1. The summed E-state index contributed by atoms with van der Waals surface area (Å²) in [6.45, 7) is 5.42. The van der Waals surface area contributed by atoms with E-state index in [1.807, 2.05) is 13.8 Å². The normalized spacial score (nSPS) is 13.3. The topological polar surface area (TPSA) is 79.9 Å². The smallest absolute Gasteiger partial charge is 0.251 e. The summed E-state index contributed by atoms with van der Waals surface area (Å²) in [5, 5.41) is 0. The van der Waals surface area contributed by atoms with Crippen molar-refractivity contribution in [2.75, 3.05) is 0 Å².